The second kappa shape index (κ2) is 9.74. The van der Waals surface area contributed by atoms with Crippen molar-refractivity contribution in [1.82, 2.24) is 15.3 Å². The van der Waals surface area contributed by atoms with E-state index in [0.29, 0.717) is 18.8 Å². The first-order chi connectivity index (χ1) is 15.5. The molecule has 166 valence electrons. The number of H-pyrrole nitrogens is 1. The molecule has 8 heteroatoms. The van der Waals surface area contributed by atoms with Crippen LogP contribution in [-0.2, 0) is 13.0 Å². The lowest BCUT2D eigenvalue weighted by molar-refractivity contribution is -0.153. The van der Waals surface area contributed by atoms with Crippen LogP contribution in [0, 0.1) is 0 Å². The summed E-state index contributed by atoms with van der Waals surface area (Å²) in [6.07, 6.45) is 1.76. The summed E-state index contributed by atoms with van der Waals surface area (Å²) in [6, 6.07) is 16.2. The molecule has 0 aliphatic carbocycles. The normalized spacial score (nSPS) is 11.6. The van der Waals surface area contributed by atoms with Crippen molar-refractivity contribution in [2.24, 2.45) is 0 Å². The van der Waals surface area contributed by atoms with E-state index in [1.54, 1.807) is 24.5 Å². The number of aromatic nitrogens is 2. The van der Waals surface area contributed by atoms with Crippen LogP contribution in [0.2, 0.25) is 0 Å². The van der Waals surface area contributed by atoms with E-state index in [1.807, 2.05) is 42.6 Å². The number of nitrogens with zero attached hydrogens (tertiary/aromatic N) is 1. The fraction of sp³-hybridized carbons (Fsp3) is 0.208. The highest BCUT2D eigenvalue weighted by Gasteiger charge is 2.28. The Labute approximate surface area is 183 Å². The number of hydrogen-bond acceptors (Lipinski definition) is 4. The molecule has 0 atom stereocenters. The van der Waals surface area contributed by atoms with Crippen LogP contribution in [0.5, 0.6) is 17.2 Å². The number of pyridine rings is 1. The molecule has 0 bridgehead atoms. The lowest BCUT2D eigenvalue weighted by Crippen LogP contribution is -2.19. The van der Waals surface area contributed by atoms with Gasteiger partial charge in [-0.2, -0.15) is 13.2 Å². The Morgan fingerprint density at radius 2 is 1.84 bits per heavy atom. The molecule has 2 N–H and O–H groups in total. The second-order valence-electron chi connectivity index (χ2n) is 7.29. The third-order valence-corrected chi connectivity index (χ3v) is 4.81. The van der Waals surface area contributed by atoms with E-state index in [0.717, 1.165) is 34.2 Å². The third-order valence-electron chi connectivity index (χ3n) is 4.81. The number of benzene rings is 2. The van der Waals surface area contributed by atoms with E-state index in [9.17, 15) is 13.2 Å². The van der Waals surface area contributed by atoms with Crippen molar-refractivity contribution in [3.05, 3.63) is 84.3 Å². The number of fused-ring (bicyclic) bond motifs is 1. The quantitative estimate of drug-likeness (QED) is 0.331. The number of alkyl halides is 3. The molecule has 4 aromatic rings. The Hall–Kier alpha value is -3.52. The SMILES string of the molecule is FC(F)(F)COc1cccc(CNCCc2c[nH]c3ccc(Oc4cccnc4)cc23)c1. The largest absolute Gasteiger partial charge is 0.484 e. The fourth-order valence-electron chi connectivity index (χ4n) is 3.34. The van der Waals surface area contributed by atoms with E-state index in [1.165, 1.54) is 6.07 Å². The molecular weight excluding hydrogens is 419 g/mol. The van der Waals surface area contributed by atoms with Crippen LogP contribution in [0.4, 0.5) is 13.2 Å². The van der Waals surface area contributed by atoms with Gasteiger partial charge in [0, 0.05) is 29.8 Å². The molecule has 0 saturated heterocycles. The molecule has 0 unspecified atom stereocenters. The number of hydrogen-bond donors (Lipinski definition) is 2. The summed E-state index contributed by atoms with van der Waals surface area (Å²) in [4.78, 5) is 7.32. The van der Waals surface area contributed by atoms with Crippen LogP contribution in [0.1, 0.15) is 11.1 Å². The Morgan fingerprint density at radius 1 is 0.969 bits per heavy atom. The summed E-state index contributed by atoms with van der Waals surface area (Å²) >= 11 is 0. The van der Waals surface area contributed by atoms with Crippen molar-refractivity contribution in [1.29, 1.82) is 0 Å². The molecular formula is C24H22F3N3O2. The first-order valence-corrected chi connectivity index (χ1v) is 10.1. The van der Waals surface area contributed by atoms with Gasteiger partial charge in [-0.3, -0.25) is 4.98 Å². The van der Waals surface area contributed by atoms with E-state index in [4.69, 9.17) is 9.47 Å². The number of aromatic amines is 1. The topological polar surface area (TPSA) is 59.2 Å². The van der Waals surface area contributed by atoms with Crippen molar-refractivity contribution in [2.45, 2.75) is 19.1 Å². The average Bonchev–Trinajstić information content (AvgIpc) is 3.18. The minimum absolute atomic E-state index is 0.208. The number of nitrogens with one attached hydrogen (secondary N) is 2. The highest BCUT2D eigenvalue weighted by atomic mass is 19.4. The van der Waals surface area contributed by atoms with Gasteiger partial charge in [0.05, 0.1) is 6.20 Å². The van der Waals surface area contributed by atoms with Crippen molar-refractivity contribution < 1.29 is 22.6 Å². The summed E-state index contributed by atoms with van der Waals surface area (Å²) in [7, 11) is 0. The minimum Gasteiger partial charge on any atom is -0.484 e. The van der Waals surface area contributed by atoms with Gasteiger partial charge in [0.2, 0.25) is 0 Å². The first kappa shape index (κ1) is 21.7. The summed E-state index contributed by atoms with van der Waals surface area (Å²) in [6.45, 7) is -0.0633. The van der Waals surface area contributed by atoms with Crippen molar-refractivity contribution in [2.75, 3.05) is 13.2 Å². The van der Waals surface area contributed by atoms with E-state index >= 15 is 0 Å². The second-order valence-corrected chi connectivity index (χ2v) is 7.29. The zero-order chi connectivity index (χ0) is 22.4. The van der Waals surface area contributed by atoms with Crippen LogP contribution in [0.15, 0.2) is 73.2 Å². The number of rotatable bonds is 9. The molecule has 0 radical (unpaired) electrons. The molecule has 32 heavy (non-hydrogen) atoms. The van der Waals surface area contributed by atoms with Crippen molar-refractivity contribution in [3.8, 4) is 17.2 Å². The van der Waals surface area contributed by atoms with Gasteiger partial charge in [-0.25, -0.2) is 0 Å². The van der Waals surface area contributed by atoms with Gasteiger partial charge in [0.15, 0.2) is 6.61 Å². The van der Waals surface area contributed by atoms with Crippen molar-refractivity contribution >= 4 is 10.9 Å². The lowest BCUT2D eigenvalue weighted by atomic mass is 10.1. The molecule has 2 aromatic carbocycles. The van der Waals surface area contributed by atoms with Crippen LogP contribution < -0.4 is 14.8 Å². The maximum atomic E-state index is 12.3. The highest BCUT2D eigenvalue weighted by Crippen LogP contribution is 2.27. The Bertz CT molecular complexity index is 1160. The lowest BCUT2D eigenvalue weighted by Gasteiger charge is -2.11. The molecule has 0 aliphatic heterocycles. The highest BCUT2D eigenvalue weighted by molar-refractivity contribution is 5.84. The van der Waals surface area contributed by atoms with E-state index < -0.39 is 12.8 Å². The predicted octanol–water partition coefficient (Wildman–Crippen LogP) is 5.63. The van der Waals surface area contributed by atoms with Crippen LogP contribution in [-0.4, -0.2) is 29.3 Å². The Morgan fingerprint density at radius 3 is 2.66 bits per heavy atom. The molecule has 5 nitrogen and oxygen atoms in total. The molecule has 4 rings (SSSR count). The number of halogens is 3. The number of ether oxygens (including phenoxy) is 2. The molecule has 0 saturated carbocycles. The molecule has 0 aliphatic rings. The molecule has 0 fully saturated rings. The van der Waals surface area contributed by atoms with E-state index in [2.05, 4.69) is 15.3 Å². The van der Waals surface area contributed by atoms with Gasteiger partial charge in [0.1, 0.15) is 17.2 Å². The van der Waals surface area contributed by atoms with Crippen molar-refractivity contribution in [3.63, 3.8) is 0 Å². The Kier molecular flexibility index (Phi) is 6.61. The standard InChI is InChI=1S/C24H22F3N3O2/c25-24(26,27)16-31-19-4-1-3-17(11-19)13-29-10-8-18-14-30-23-7-6-20(12-22(18)23)32-21-5-2-9-28-15-21/h1-7,9,11-12,14-15,29-30H,8,10,13,16H2. The summed E-state index contributed by atoms with van der Waals surface area (Å²) in [5.41, 5.74) is 3.02. The maximum absolute atomic E-state index is 12.3. The molecule has 0 amide bonds. The summed E-state index contributed by atoms with van der Waals surface area (Å²) in [5.74, 6) is 1.61. The molecule has 0 spiro atoms. The smallest absolute Gasteiger partial charge is 0.422 e. The van der Waals surface area contributed by atoms with Gasteiger partial charge in [-0.05, 0) is 66.6 Å². The monoisotopic (exact) mass is 441 g/mol. The van der Waals surface area contributed by atoms with Gasteiger partial charge in [0.25, 0.3) is 0 Å². The zero-order valence-electron chi connectivity index (χ0n) is 17.2. The van der Waals surface area contributed by atoms with Crippen LogP contribution in [0.3, 0.4) is 0 Å². The van der Waals surface area contributed by atoms with Gasteiger partial charge < -0.3 is 19.8 Å². The Balaban J connectivity index is 1.32. The average molecular weight is 441 g/mol. The molecule has 2 heterocycles. The third kappa shape index (κ3) is 6.01. The fourth-order valence-corrected chi connectivity index (χ4v) is 3.34. The minimum atomic E-state index is -4.35. The molecule has 2 aromatic heterocycles. The first-order valence-electron chi connectivity index (χ1n) is 10.1. The maximum Gasteiger partial charge on any atom is 0.422 e. The van der Waals surface area contributed by atoms with Gasteiger partial charge in [-0.1, -0.05) is 12.1 Å². The summed E-state index contributed by atoms with van der Waals surface area (Å²) < 4.78 is 47.6. The van der Waals surface area contributed by atoms with Crippen LogP contribution >= 0.6 is 0 Å². The van der Waals surface area contributed by atoms with Gasteiger partial charge >= 0.3 is 6.18 Å². The summed E-state index contributed by atoms with van der Waals surface area (Å²) in [5, 5.41) is 4.41. The van der Waals surface area contributed by atoms with Gasteiger partial charge in [-0.15, -0.1) is 0 Å². The van der Waals surface area contributed by atoms with E-state index in [-0.39, 0.29) is 5.75 Å². The zero-order valence-corrected chi connectivity index (χ0v) is 17.2. The van der Waals surface area contributed by atoms with Crippen LogP contribution in [0.25, 0.3) is 10.9 Å². The predicted molar refractivity (Wildman–Crippen MR) is 116 cm³/mol.